The maximum Gasteiger partial charge on any atom is 0.336 e. The zero-order chi connectivity index (χ0) is 17.5. The Labute approximate surface area is 141 Å². The number of methoxy groups -OCH3 is 1. The fourth-order valence-electron chi connectivity index (χ4n) is 3.71. The molecule has 1 aliphatic heterocycles. The number of esters is 1. The van der Waals surface area contributed by atoms with Crippen molar-refractivity contribution < 1.29 is 14.3 Å². The molecule has 0 saturated heterocycles. The van der Waals surface area contributed by atoms with E-state index in [1.54, 1.807) is 12.4 Å². The second-order valence-corrected chi connectivity index (χ2v) is 7.20. The number of carbonyl (C=O) groups excluding carboxylic acids is 2. The number of ketones is 1. The summed E-state index contributed by atoms with van der Waals surface area (Å²) >= 11 is 0. The summed E-state index contributed by atoms with van der Waals surface area (Å²) in [6.07, 6.45) is 4.61. The maximum absolute atomic E-state index is 12.9. The Bertz CT molecular complexity index is 760. The standard InChI is InChI=1S/C19H22N2O3/c1-11-15(18(23)24-4)16(12-5-7-20-8-6-12)17-13(21-11)9-19(2,3)10-14(17)22/h5-8,16,21H,9-10H2,1-4H3/t16-/m0/s1. The van der Waals surface area contributed by atoms with Crippen LogP contribution in [-0.4, -0.2) is 23.8 Å². The number of nitrogens with zero attached hydrogens (tertiary/aromatic N) is 1. The highest BCUT2D eigenvalue weighted by Crippen LogP contribution is 2.46. The first kappa shape index (κ1) is 16.4. The SMILES string of the molecule is COC(=O)C1=C(C)NC2=C(C(=O)CC(C)(C)C2)[C@H]1c1ccncc1. The van der Waals surface area contributed by atoms with E-state index in [0.717, 1.165) is 23.4 Å². The fraction of sp³-hybridized carbons (Fsp3) is 0.421. The van der Waals surface area contributed by atoms with Gasteiger partial charge in [0.25, 0.3) is 0 Å². The molecule has 1 aliphatic carbocycles. The van der Waals surface area contributed by atoms with Crippen LogP contribution in [0.5, 0.6) is 0 Å². The number of hydrogen-bond acceptors (Lipinski definition) is 5. The van der Waals surface area contributed by atoms with Gasteiger partial charge in [-0.05, 0) is 36.5 Å². The average Bonchev–Trinajstić information content (AvgIpc) is 2.52. The second-order valence-electron chi connectivity index (χ2n) is 7.20. The summed E-state index contributed by atoms with van der Waals surface area (Å²) in [6.45, 7) is 6.04. The molecule has 0 bridgehead atoms. The van der Waals surface area contributed by atoms with E-state index in [4.69, 9.17) is 4.74 Å². The van der Waals surface area contributed by atoms with E-state index >= 15 is 0 Å². The van der Waals surface area contributed by atoms with Gasteiger partial charge in [-0.3, -0.25) is 9.78 Å². The van der Waals surface area contributed by atoms with E-state index in [2.05, 4.69) is 24.1 Å². The Morgan fingerprint density at radius 3 is 2.58 bits per heavy atom. The van der Waals surface area contributed by atoms with Gasteiger partial charge in [0.1, 0.15) is 0 Å². The highest BCUT2D eigenvalue weighted by molar-refractivity contribution is 6.04. The van der Waals surface area contributed by atoms with Crippen molar-refractivity contribution in [2.24, 2.45) is 5.41 Å². The molecule has 2 aliphatic rings. The number of ether oxygens (including phenoxy) is 1. The van der Waals surface area contributed by atoms with Gasteiger partial charge in [-0.25, -0.2) is 4.79 Å². The molecule has 1 aromatic rings. The number of pyridine rings is 1. The molecule has 0 saturated carbocycles. The first-order chi connectivity index (χ1) is 11.3. The van der Waals surface area contributed by atoms with Gasteiger partial charge in [-0.15, -0.1) is 0 Å². The molecule has 2 heterocycles. The number of allylic oxidation sites excluding steroid dienone is 3. The van der Waals surface area contributed by atoms with Crippen LogP contribution in [-0.2, 0) is 14.3 Å². The van der Waals surface area contributed by atoms with Crippen LogP contribution in [0.15, 0.2) is 47.1 Å². The Morgan fingerprint density at radius 1 is 1.29 bits per heavy atom. The van der Waals surface area contributed by atoms with Crippen molar-refractivity contribution in [2.45, 2.75) is 39.5 Å². The molecular weight excluding hydrogens is 304 g/mol. The fourth-order valence-corrected chi connectivity index (χ4v) is 3.71. The summed E-state index contributed by atoms with van der Waals surface area (Å²) in [7, 11) is 1.36. The van der Waals surface area contributed by atoms with E-state index in [1.807, 2.05) is 19.1 Å². The van der Waals surface area contributed by atoms with Gasteiger partial charge in [0.05, 0.1) is 12.7 Å². The average molecular weight is 326 g/mol. The molecule has 1 aromatic heterocycles. The predicted octanol–water partition coefficient (Wildman–Crippen LogP) is 2.86. The van der Waals surface area contributed by atoms with E-state index in [1.165, 1.54) is 7.11 Å². The van der Waals surface area contributed by atoms with Crippen molar-refractivity contribution in [1.29, 1.82) is 0 Å². The van der Waals surface area contributed by atoms with E-state index in [9.17, 15) is 9.59 Å². The molecule has 0 amide bonds. The smallest absolute Gasteiger partial charge is 0.336 e. The summed E-state index contributed by atoms with van der Waals surface area (Å²) in [4.78, 5) is 29.3. The van der Waals surface area contributed by atoms with Crippen LogP contribution in [0.25, 0.3) is 0 Å². The number of hydrogen-bond donors (Lipinski definition) is 1. The number of dihydropyridines is 1. The molecule has 0 aromatic carbocycles. The molecule has 1 atom stereocenters. The molecule has 3 rings (SSSR count). The summed E-state index contributed by atoms with van der Waals surface area (Å²) in [5.41, 5.74) is 3.64. The van der Waals surface area contributed by atoms with E-state index in [0.29, 0.717) is 17.6 Å². The summed E-state index contributed by atoms with van der Waals surface area (Å²) < 4.78 is 4.98. The molecule has 126 valence electrons. The van der Waals surface area contributed by atoms with Gasteiger partial charge in [-0.2, -0.15) is 0 Å². The minimum atomic E-state index is -0.411. The zero-order valence-corrected chi connectivity index (χ0v) is 14.5. The van der Waals surface area contributed by atoms with Crippen molar-refractivity contribution >= 4 is 11.8 Å². The van der Waals surface area contributed by atoms with Gasteiger partial charge < -0.3 is 10.1 Å². The third-order valence-corrected chi connectivity index (χ3v) is 4.68. The quantitative estimate of drug-likeness (QED) is 0.847. The van der Waals surface area contributed by atoms with Gasteiger partial charge in [0.15, 0.2) is 5.78 Å². The lowest BCUT2D eigenvalue weighted by Gasteiger charge is -2.39. The summed E-state index contributed by atoms with van der Waals surface area (Å²) in [5.74, 6) is -0.726. The van der Waals surface area contributed by atoms with Crippen LogP contribution in [0.1, 0.15) is 45.1 Å². The van der Waals surface area contributed by atoms with Crippen molar-refractivity contribution in [2.75, 3.05) is 7.11 Å². The molecule has 0 spiro atoms. The van der Waals surface area contributed by atoms with Crippen LogP contribution >= 0.6 is 0 Å². The number of Topliss-reactive ketones (excluding diaryl/α,β-unsaturated/α-hetero) is 1. The Balaban J connectivity index is 2.19. The van der Waals surface area contributed by atoms with Crippen molar-refractivity contribution in [3.63, 3.8) is 0 Å². The molecule has 0 unspecified atom stereocenters. The van der Waals surface area contributed by atoms with Crippen molar-refractivity contribution in [1.82, 2.24) is 10.3 Å². The molecule has 0 radical (unpaired) electrons. The normalized spacial score (nSPS) is 22.8. The van der Waals surface area contributed by atoms with Crippen LogP contribution in [0.4, 0.5) is 0 Å². The maximum atomic E-state index is 12.9. The monoisotopic (exact) mass is 326 g/mol. The van der Waals surface area contributed by atoms with E-state index < -0.39 is 11.9 Å². The third kappa shape index (κ3) is 2.75. The predicted molar refractivity (Wildman–Crippen MR) is 89.9 cm³/mol. The topological polar surface area (TPSA) is 68.3 Å². The van der Waals surface area contributed by atoms with E-state index in [-0.39, 0.29) is 11.2 Å². The Morgan fingerprint density at radius 2 is 1.96 bits per heavy atom. The Kier molecular flexibility index (Phi) is 4.03. The van der Waals surface area contributed by atoms with Crippen molar-refractivity contribution in [3.05, 3.63) is 52.6 Å². The third-order valence-electron chi connectivity index (χ3n) is 4.68. The lowest BCUT2D eigenvalue weighted by Crippen LogP contribution is -2.38. The van der Waals surface area contributed by atoms with Crippen LogP contribution in [0.3, 0.4) is 0 Å². The lowest BCUT2D eigenvalue weighted by atomic mass is 9.69. The molecule has 0 fully saturated rings. The number of aromatic nitrogens is 1. The number of nitrogens with one attached hydrogen (secondary N) is 1. The second kappa shape index (κ2) is 5.89. The van der Waals surface area contributed by atoms with Crippen molar-refractivity contribution in [3.8, 4) is 0 Å². The van der Waals surface area contributed by atoms with Crippen LogP contribution in [0.2, 0.25) is 0 Å². The van der Waals surface area contributed by atoms with Gasteiger partial charge in [0, 0.05) is 41.7 Å². The highest BCUT2D eigenvalue weighted by atomic mass is 16.5. The molecule has 5 heteroatoms. The minimum absolute atomic E-state index is 0.0875. The molecular formula is C19H22N2O3. The first-order valence-corrected chi connectivity index (χ1v) is 8.06. The van der Waals surface area contributed by atoms with Crippen LogP contribution in [0, 0.1) is 5.41 Å². The summed E-state index contributed by atoms with van der Waals surface area (Å²) in [5, 5.41) is 3.29. The van der Waals surface area contributed by atoms with Gasteiger partial charge in [-0.1, -0.05) is 13.8 Å². The summed E-state index contributed by atoms with van der Waals surface area (Å²) in [6, 6.07) is 3.70. The first-order valence-electron chi connectivity index (χ1n) is 8.06. The Hall–Kier alpha value is -2.43. The van der Waals surface area contributed by atoms with Crippen LogP contribution < -0.4 is 5.32 Å². The highest BCUT2D eigenvalue weighted by Gasteiger charge is 2.42. The lowest BCUT2D eigenvalue weighted by molar-refractivity contribution is -0.136. The number of rotatable bonds is 2. The molecule has 5 nitrogen and oxygen atoms in total. The zero-order valence-electron chi connectivity index (χ0n) is 14.5. The minimum Gasteiger partial charge on any atom is -0.466 e. The number of carbonyl (C=O) groups is 2. The van der Waals surface area contributed by atoms with Gasteiger partial charge in [0.2, 0.25) is 0 Å². The largest absolute Gasteiger partial charge is 0.466 e. The molecule has 1 N–H and O–H groups in total. The van der Waals surface area contributed by atoms with Gasteiger partial charge >= 0.3 is 5.97 Å². The molecule has 24 heavy (non-hydrogen) atoms.